The number of hydrogen-bond acceptors (Lipinski definition) is 5. The number of nitrogens with one attached hydrogen (secondary N) is 1. The van der Waals surface area contributed by atoms with Crippen molar-refractivity contribution in [3.05, 3.63) is 23.7 Å². The van der Waals surface area contributed by atoms with Crippen molar-refractivity contribution >= 4 is 0 Å². The Balaban J connectivity index is 1.83. The third-order valence-corrected chi connectivity index (χ3v) is 3.03. The van der Waals surface area contributed by atoms with E-state index in [-0.39, 0.29) is 6.04 Å². The summed E-state index contributed by atoms with van der Waals surface area (Å²) in [6, 6.07) is 4.04. The van der Waals surface area contributed by atoms with Gasteiger partial charge >= 0.3 is 0 Å². The maximum Gasteiger partial charge on any atom is 0.293 e. The van der Waals surface area contributed by atoms with Gasteiger partial charge in [0.2, 0.25) is 0 Å². The van der Waals surface area contributed by atoms with Crippen LogP contribution in [0.3, 0.4) is 0 Å². The fourth-order valence-corrected chi connectivity index (χ4v) is 2.06. The Labute approximate surface area is 99.2 Å². The van der Waals surface area contributed by atoms with Crippen molar-refractivity contribution in [3.8, 4) is 11.7 Å². The zero-order valence-corrected chi connectivity index (χ0v) is 9.77. The zero-order valence-electron chi connectivity index (χ0n) is 9.77. The molecule has 0 radical (unpaired) electrons. The minimum Gasteiger partial charge on any atom is -0.456 e. The minimum absolute atomic E-state index is 0.230. The second-order valence-corrected chi connectivity index (χ2v) is 4.23. The predicted octanol–water partition coefficient (Wildman–Crippen LogP) is 2.32. The number of nitrogens with zero attached hydrogens (tertiary/aromatic N) is 2. The van der Waals surface area contributed by atoms with Crippen LogP contribution in [0.15, 0.2) is 21.1 Å². The lowest BCUT2D eigenvalue weighted by atomic mass is 10.2. The lowest BCUT2D eigenvalue weighted by Crippen LogP contribution is -2.14. The van der Waals surface area contributed by atoms with E-state index in [2.05, 4.69) is 15.5 Å². The van der Waals surface area contributed by atoms with Gasteiger partial charge in [-0.2, -0.15) is 4.98 Å². The van der Waals surface area contributed by atoms with Gasteiger partial charge in [-0.3, -0.25) is 0 Å². The van der Waals surface area contributed by atoms with Crippen molar-refractivity contribution in [3.63, 3.8) is 0 Å². The van der Waals surface area contributed by atoms with Crippen LogP contribution in [0.1, 0.15) is 37.4 Å². The average Bonchev–Trinajstić information content (AvgIpc) is 3.09. The molecule has 3 heterocycles. The summed E-state index contributed by atoms with van der Waals surface area (Å²) in [7, 11) is 0. The van der Waals surface area contributed by atoms with Gasteiger partial charge in [0.05, 0.1) is 6.04 Å². The summed E-state index contributed by atoms with van der Waals surface area (Å²) in [5.74, 6) is 2.78. The first-order chi connectivity index (χ1) is 8.36. The molecule has 3 rings (SSSR count). The van der Waals surface area contributed by atoms with Crippen molar-refractivity contribution < 1.29 is 8.94 Å². The van der Waals surface area contributed by atoms with E-state index in [9.17, 15) is 0 Å². The first kappa shape index (κ1) is 10.5. The van der Waals surface area contributed by atoms with Gasteiger partial charge in [0.1, 0.15) is 5.76 Å². The van der Waals surface area contributed by atoms with E-state index in [1.54, 1.807) is 0 Å². The summed E-state index contributed by atoms with van der Waals surface area (Å²) in [4.78, 5) is 4.38. The standard InChI is InChI=1S/C12H15N3O2/c1-2-8-5-6-10(16-8)12-14-11(15-17-12)9-4-3-7-13-9/h5-6,9,13H,2-4,7H2,1H3. The van der Waals surface area contributed by atoms with Crippen LogP contribution in [0.2, 0.25) is 0 Å². The molecule has 90 valence electrons. The van der Waals surface area contributed by atoms with Gasteiger partial charge in [-0.15, -0.1) is 0 Å². The maximum atomic E-state index is 5.58. The van der Waals surface area contributed by atoms with Crippen molar-refractivity contribution in [2.24, 2.45) is 0 Å². The molecule has 17 heavy (non-hydrogen) atoms. The molecule has 1 unspecified atom stereocenters. The number of aryl methyl sites for hydroxylation is 1. The number of hydrogen-bond donors (Lipinski definition) is 1. The van der Waals surface area contributed by atoms with Crippen molar-refractivity contribution in [1.29, 1.82) is 0 Å². The van der Waals surface area contributed by atoms with E-state index < -0.39 is 0 Å². The smallest absolute Gasteiger partial charge is 0.293 e. The highest BCUT2D eigenvalue weighted by Crippen LogP contribution is 2.25. The molecule has 2 aromatic heterocycles. The summed E-state index contributed by atoms with van der Waals surface area (Å²) in [5, 5.41) is 7.34. The summed E-state index contributed by atoms with van der Waals surface area (Å²) in [6.45, 7) is 3.07. The SMILES string of the molecule is CCc1ccc(-c2nc(C3CCCN3)no2)o1. The van der Waals surface area contributed by atoms with Crippen LogP contribution in [-0.4, -0.2) is 16.7 Å². The molecule has 0 saturated carbocycles. The number of aromatic nitrogens is 2. The molecule has 0 amide bonds. The van der Waals surface area contributed by atoms with Crippen molar-refractivity contribution in [2.75, 3.05) is 6.54 Å². The molecule has 1 aliphatic heterocycles. The molecule has 0 aliphatic carbocycles. The first-order valence-electron chi connectivity index (χ1n) is 6.03. The third-order valence-electron chi connectivity index (χ3n) is 3.03. The maximum absolute atomic E-state index is 5.58. The Bertz CT molecular complexity index is 497. The van der Waals surface area contributed by atoms with E-state index in [0.717, 1.165) is 37.4 Å². The lowest BCUT2D eigenvalue weighted by molar-refractivity contribution is 0.398. The molecule has 1 fully saturated rings. The number of furan rings is 1. The normalized spacial score (nSPS) is 19.9. The lowest BCUT2D eigenvalue weighted by Gasteiger charge is -2.01. The summed E-state index contributed by atoms with van der Waals surface area (Å²) < 4.78 is 10.8. The number of rotatable bonds is 3. The molecule has 1 N–H and O–H groups in total. The van der Waals surface area contributed by atoms with Gasteiger partial charge in [0, 0.05) is 6.42 Å². The molecule has 1 aliphatic rings. The molecule has 0 bridgehead atoms. The second-order valence-electron chi connectivity index (χ2n) is 4.23. The first-order valence-corrected chi connectivity index (χ1v) is 6.03. The fourth-order valence-electron chi connectivity index (χ4n) is 2.06. The molecule has 0 spiro atoms. The Hall–Kier alpha value is -1.62. The van der Waals surface area contributed by atoms with E-state index >= 15 is 0 Å². The summed E-state index contributed by atoms with van der Waals surface area (Å²) in [5.41, 5.74) is 0. The monoisotopic (exact) mass is 233 g/mol. The third kappa shape index (κ3) is 1.98. The molecular formula is C12H15N3O2. The molecular weight excluding hydrogens is 218 g/mol. The largest absolute Gasteiger partial charge is 0.456 e. The summed E-state index contributed by atoms with van der Waals surface area (Å²) in [6.07, 6.45) is 3.10. The quantitative estimate of drug-likeness (QED) is 0.881. The minimum atomic E-state index is 0.230. The van der Waals surface area contributed by atoms with Crippen LogP contribution in [-0.2, 0) is 6.42 Å². The molecule has 0 aromatic carbocycles. The second kappa shape index (κ2) is 4.33. The highest BCUT2D eigenvalue weighted by atomic mass is 16.5. The van der Waals surface area contributed by atoms with Crippen LogP contribution in [0.5, 0.6) is 0 Å². The highest BCUT2D eigenvalue weighted by Gasteiger charge is 2.22. The average molecular weight is 233 g/mol. The Morgan fingerprint density at radius 1 is 1.47 bits per heavy atom. The molecule has 1 saturated heterocycles. The highest BCUT2D eigenvalue weighted by molar-refractivity contribution is 5.44. The van der Waals surface area contributed by atoms with Gasteiger partial charge < -0.3 is 14.3 Å². The Morgan fingerprint density at radius 3 is 3.12 bits per heavy atom. The van der Waals surface area contributed by atoms with Crippen molar-refractivity contribution in [1.82, 2.24) is 15.5 Å². The van der Waals surface area contributed by atoms with Gasteiger partial charge in [0.25, 0.3) is 5.89 Å². The van der Waals surface area contributed by atoms with Crippen molar-refractivity contribution in [2.45, 2.75) is 32.2 Å². The Morgan fingerprint density at radius 2 is 2.41 bits per heavy atom. The van der Waals surface area contributed by atoms with E-state index in [0.29, 0.717) is 11.7 Å². The van der Waals surface area contributed by atoms with Crippen LogP contribution in [0.25, 0.3) is 11.7 Å². The van der Waals surface area contributed by atoms with E-state index in [1.165, 1.54) is 0 Å². The predicted molar refractivity (Wildman–Crippen MR) is 61.4 cm³/mol. The Kier molecular flexibility index (Phi) is 2.68. The van der Waals surface area contributed by atoms with Crippen LogP contribution < -0.4 is 5.32 Å². The molecule has 2 aromatic rings. The van der Waals surface area contributed by atoms with Crippen LogP contribution in [0.4, 0.5) is 0 Å². The topological polar surface area (TPSA) is 64.1 Å². The van der Waals surface area contributed by atoms with Crippen LogP contribution in [0, 0.1) is 0 Å². The van der Waals surface area contributed by atoms with E-state index in [4.69, 9.17) is 8.94 Å². The molecule has 5 heteroatoms. The van der Waals surface area contributed by atoms with Crippen LogP contribution >= 0.6 is 0 Å². The zero-order chi connectivity index (χ0) is 11.7. The van der Waals surface area contributed by atoms with Gasteiger partial charge in [-0.05, 0) is 31.5 Å². The summed E-state index contributed by atoms with van der Waals surface area (Å²) >= 11 is 0. The molecule has 1 atom stereocenters. The van der Waals surface area contributed by atoms with Gasteiger partial charge in [-0.1, -0.05) is 12.1 Å². The molecule has 5 nitrogen and oxygen atoms in total. The van der Waals surface area contributed by atoms with Gasteiger partial charge in [0.15, 0.2) is 11.6 Å². The van der Waals surface area contributed by atoms with Gasteiger partial charge in [-0.25, -0.2) is 0 Å². The fraction of sp³-hybridized carbons (Fsp3) is 0.500. The van der Waals surface area contributed by atoms with E-state index in [1.807, 2.05) is 19.1 Å².